The lowest BCUT2D eigenvalue weighted by atomic mass is 9.95. The Morgan fingerprint density at radius 3 is 2.80 bits per heavy atom. The zero-order valence-corrected chi connectivity index (χ0v) is 10.1. The molecule has 1 aliphatic heterocycles. The predicted octanol–water partition coefficient (Wildman–Crippen LogP) is 2.74. The Labute approximate surface area is 94.0 Å². The fraction of sp³-hybridized carbons (Fsp3) is 0.692. The van der Waals surface area contributed by atoms with Crippen LogP contribution < -0.4 is 5.32 Å². The summed E-state index contributed by atoms with van der Waals surface area (Å²) in [5, 5.41) is 3.53. The third-order valence-electron chi connectivity index (χ3n) is 3.00. The van der Waals surface area contributed by atoms with E-state index in [0.717, 1.165) is 25.4 Å². The lowest BCUT2D eigenvalue weighted by Crippen LogP contribution is -2.40. The van der Waals surface area contributed by atoms with Crippen molar-refractivity contribution in [3.63, 3.8) is 0 Å². The first kappa shape index (κ1) is 12.3. The van der Waals surface area contributed by atoms with Crippen LogP contribution in [0.25, 0.3) is 0 Å². The molecule has 1 fully saturated rings. The molecular formula is C13H24N2. The Hall–Kier alpha value is -0.760. The number of hydrogen-bond acceptors (Lipinski definition) is 2. The van der Waals surface area contributed by atoms with Gasteiger partial charge in [-0.3, -0.25) is 0 Å². The number of nitrogens with zero attached hydrogens (tertiary/aromatic N) is 1. The van der Waals surface area contributed by atoms with E-state index in [1.54, 1.807) is 0 Å². The molecule has 15 heavy (non-hydrogen) atoms. The second kappa shape index (κ2) is 6.67. The van der Waals surface area contributed by atoms with Crippen LogP contribution in [-0.4, -0.2) is 24.0 Å². The first-order chi connectivity index (χ1) is 7.26. The van der Waals surface area contributed by atoms with Gasteiger partial charge in [-0.2, -0.15) is 0 Å². The van der Waals surface area contributed by atoms with E-state index in [0.29, 0.717) is 6.04 Å². The van der Waals surface area contributed by atoms with Gasteiger partial charge in [0, 0.05) is 12.6 Å². The molecule has 0 bridgehead atoms. The van der Waals surface area contributed by atoms with Crippen LogP contribution in [0.15, 0.2) is 25.1 Å². The topological polar surface area (TPSA) is 15.3 Å². The van der Waals surface area contributed by atoms with Gasteiger partial charge in [0.15, 0.2) is 0 Å². The molecule has 1 saturated heterocycles. The molecule has 1 N–H and O–H groups in total. The van der Waals surface area contributed by atoms with Gasteiger partial charge in [-0.15, -0.1) is 0 Å². The minimum absolute atomic E-state index is 0.699. The van der Waals surface area contributed by atoms with E-state index in [1.807, 2.05) is 6.20 Å². The molecule has 0 radical (unpaired) electrons. The Kier molecular flexibility index (Phi) is 5.48. The fourth-order valence-corrected chi connectivity index (χ4v) is 1.95. The van der Waals surface area contributed by atoms with Crippen LogP contribution in [0, 0.1) is 5.92 Å². The van der Waals surface area contributed by atoms with Gasteiger partial charge in [0.2, 0.25) is 0 Å². The van der Waals surface area contributed by atoms with Crippen LogP contribution in [-0.2, 0) is 0 Å². The van der Waals surface area contributed by atoms with Crippen LogP contribution in [0.4, 0.5) is 0 Å². The molecule has 0 aromatic rings. The van der Waals surface area contributed by atoms with Crippen molar-refractivity contribution in [3.05, 3.63) is 25.1 Å². The van der Waals surface area contributed by atoms with Crippen LogP contribution in [0.5, 0.6) is 0 Å². The zero-order chi connectivity index (χ0) is 11.1. The molecule has 86 valence electrons. The number of piperidine rings is 1. The van der Waals surface area contributed by atoms with Gasteiger partial charge < -0.3 is 10.2 Å². The van der Waals surface area contributed by atoms with E-state index in [9.17, 15) is 0 Å². The third kappa shape index (κ3) is 4.52. The highest BCUT2D eigenvalue weighted by molar-refractivity contribution is 4.89. The fourth-order valence-electron chi connectivity index (χ4n) is 1.95. The summed E-state index contributed by atoms with van der Waals surface area (Å²) in [7, 11) is 0. The average Bonchev–Trinajstić information content (AvgIpc) is 2.27. The van der Waals surface area contributed by atoms with Gasteiger partial charge in [-0.25, -0.2) is 0 Å². The van der Waals surface area contributed by atoms with E-state index < -0.39 is 0 Å². The smallest absolute Gasteiger partial charge is 0.0259 e. The highest BCUT2D eigenvalue weighted by Gasteiger charge is 2.18. The average molecular weight is 208 g/mol. The molecule has 0 aliphatic carbocycles. The third-order valence-corrected chi connectivity index (χ3v) is 3.00. The minimum Gasteiger partial charge on any atom is -0.355 e. The van der Waals surface area contributed by atoms with E-state index in [1.165, 1.54) is 12.8 Å². The number of allylic oxidation sites excluding steroid dienone is 1. The Bertz CT molecular complexity index is 203. The minimum atomic E-state index is 0.699. The summed E-state index contributed by atoms with van der Waals surface area (Å²) in [5.41, 5.74) is 0. The van der Waals surface area contributed by atoms with Gasteiger partial charge in [-0.1, -0.05) is 19.6 Å². The van der Waals surface area contributed by atoms with Crippen molar-refractivity contribution in [2.45, 2.75) is 39.2 Å². The molecule has 2 heteroatoms. The van der Waals surface area contributed by atoms with E-state index in [4.69, 9.17) is 0 Å². The van der Waals surface area contributed by atoms with Gasteiger partial charge in [0.1, 0.15) is 0 Å². The standard InChI is InChI=1S/C13H24N2/c1-4-6-9-15(5-2)11-13-8-7-12(3)14-10-13/h5-6,9,12-14H,2,4,7-8,10-11H2,1,3H3/b9-6-. The summed E-state index contributed by atoms with van der Waals surface area (Å²) >= 11 is 0. The van der Waals surface area contributed by atoms with Crippen LogP contribution in [0.1, 0.15) is 33.1 Å². The lowest BCUT2D eigenvalue weighted by molar-refractivity contribution is 0.278. The monoisotopic (exact) mass is 208 g/mol. The van der Waals surface area contributed by atoms with Crippen molar-refractivity contribution in [1.82, 2.24) is 10.2 Å². The quantitative estimate of drug-likeness (QED) is 0.747. The molecule has 2 nitrogen and oxygen atoms in total. The molecule has 1 rings (SSSR count). The van der Waals surface area contributed by atoms with Crippen LogP contribution >= 0.6 is 0 Å². The van der Waals surface area contributed by atoms with Gasteiger partial charge in [0.25, 0.3) is 0 Å². The molecule has 2 unspecified atom stereocenters. The summed E-state index contributed by atoms with van der Waals surface area (Å²) in [5.74, 6) is 0.765. The second-order valence-corrected chi connectivity index (χ2v) is 4.43. The Morgan fingerprint density at radius 2 is 2.27 bits per heavy atom. The van der Waals surface area contributed by atoms with E-state index >= 15 is 0 Å². The van der Waals surface area contributed by atoms with Crippen LogP contribution in [0.3, 0.4) is 0 Å². The molecule has 0 aromatic carbocycles. The van der Waals surface area contributed by atoms with Gasteiger partial charge >= 0.3 is 0 Å². The normalized spacial score (nSPS) is 26.8. The highest BCUT2D eigenvalue weighted by atomic mass is 15.1. The van der Waals surface area contributed by atoms with E-state index in [-0.39, 0.29) is 0 Å². The van der Waals surface area contributed by atoms with Crippen molar-refractivity contribution in [2.75, 3.05) is 13.1 Å². The van der Waals surface area contributed by atoms with Crippen molar-refractivity contribution >= 4 is 0 Å². The van der Waals surface area contributed by atoms with Gasteiger partial charge in [-0.05, 0) is 51.0 Å². The summed E-state index contributed by atoms with van der Waals surface area (Å²) in [6, 6.07) is 0.699. The number of rotatable bonds is 5. The maximum Gasteiger partial charge on any atom is 0.0259 e. The molecule has 0 spiro atoms. The maximum absolute atomic E-state index is 3.85. The molecule has 0 saturated carbocycles. The number of nitrogens with one attached hydrogen (secondary N) is 1. The molecule has 1 aliphatic rings. The predicted molar refractivity (Wildman–Crippen MR) is 66.5 cm³/mol. The largest absolute Gasteiger partial charge is 0.355 e. The first-order valence-electron chi connectivity index (χ1n) is 6.04. The molecule has 2 atom stereocenters. The van der Waals surface area contributed by atoms with Crippen molar-refractivity contribution in [2.24, 2.45) is 5.92 Å². The lowest BCUT2D eigenvalue weighted by Gasteiger charge is -2.30. The van der Waals surface area contributed by atoms with Crippen molar-refractivity contribution in [3.8, 4) is 0 Å². The summed E-state index contributed by atoms with van der Waals surface area (Å²) in [6.07, 6.45) is 9.96. The summed E-state index contributed by atoms with van der Waals surface area (Å²) < 4.78 is 0. The second-order valence-electron chi connectivity index (χ2n) is 4.43. The Morgan fingerprint density at radius 1 is 1.47 bits per heavy atom. The Balaban J connectivity index is 2.32. The molecule has 0 amide bonds. The highest BCUT2D eigenvalue weighted by Crippen LogP contribution is 2.15. The van der Waals surface area contributed by atoms with Crippen molar-refractivity contribution in [1.29, 1.82) is 0 Å². The van der Waals surface area contributed by atoms with Crippen LogP contribution in [0.2, 0.25) is 0 Å². The first-order valence-corrected chi connectivity index (χ1v) is 6.04. The van der Waals surface area contributed by atoms with Gasteiger partial charge in [0.05, 0.1) is 0 Å². The zero-order valence-electron chi connectivity index (χ0n) is 10.1. The molecular weight excluding hydrogens is 184 g/mol. The van der Waals surface area contributed by atoms with Crippen molar-refractivity contribution < 1.29 is 0 Å². The van der Waals surface area contributed by atoms with E-state index in [2.05, 4.69) is 42.9 Å². The number of hydrogen-bond donors (Lipinski definition) is 1. The molecule has 0 aromatic heterocycles. The summed E-state index contributed by atoms with van der Waals surface area (Å²) in [6.45, 7) is 10.5. The SMILES string of the molecule is C=CN(/C=C\CC)CC1CCC(C)NC1. The maximum atomic E-state index is 3.85. The molecule has 1 heterocycles. The summed E-state index contributed by atoms with van der Waals surface area (Å²) in [4.78, 5) is 2.20.